The van der Waals surface area contributed by atoms with Gasteiger partial charge in [0.15, 0.2) is 0 Å². The van der Waals surface area contributed by atoms with Crippen molar-refractivity contribution in [2.75, 3.05) is 20.5 Å². The molecule has 5 nitrogen and oxygen atoms in total. The molecule has 6 heteroatoms. The molecule has 0 fully saturated rings. The van der Waals surface area contributed by atoms with Crippen molar-refractivity contribution in [2.24, 2.45) is 0 Å². The summed E-state index contributed by atoms with van der Waals surface area (Å²) in [6.45, 7) is 0. The Hall–Kier alpha value is -1.43. The van der Waals surface area contributed by atoms with Gasteiger partial charge in [0.2, 0.25) is 0 Å². The van der Waals surface area contributed by atoms with Gasteiger partial charge in [-0.1, -0.05) is 0 Å². The molecule has 0 N–H and O–H groups in total. The standard InChI is InChI=1S/C9H12O5S/c1-12-7-4-8(13-2)6-9(5-7)14-15(3,10)11/h4-6H,1-3H3. The topological polar surface area (TPSA) is 61.8 Å². The minimum atomic E-state index is -3.54. The lowest BCUT2D eigenvalue weighted by Crippen LogP contribution is -2.05. The molecule has 0 aliphatic carbocycles. The molecule has 0 aromatic heterocycles. The Labute approximate surface area is 88.7 Å². The summed E-state index contributed by atoms with van der Waals surface area (Å²) >= 11 is 0. The Kier molecular flexibility index (Phi) is 3.41. The molecular formula is C9H12O5S. The molecule has 1 rings (SSSR count). The average molecular weight is 232 g/mol. The van der Waals surface area contributed by atoms with E-state index in [0.29, 0.717) is 11.5 Å². The van der Waals surface area contributed by atoms with Crippen LogP contribution in [0.3, 0.4) is 0 Å². The molecule has 0 heterocycles. The van der Waals surface area contributed by atoms with Crippen LogP contribution < -0.4 is 13.7 Å². The molecular weight excluding hydrogens is 220 g/mol. The average Bonchev–Trinajstić information content (AvgIpc) is 2.14. The van der Waals surface area contributed by atoms with Gasteiger partial charge in [0.1, 0.15) is 17.2 Å². The highest BCUT2D eigenvalue weighted by Gasteiger charge is 2.08. The Balaban J connectivity index is 3.07. The van der Waals surface area contributed by atoms with Gasteiger partial charge < -0.3 is 13.7 Å². The summed E-state index contributed by atoms with van der Waals surface area (Å²) in [7, 11) is -0.596. The summed E-state index contributed by atoms with van der Waals surface area (Å²) in [6.07, 6.45) is 0.971. The summed E-state index contributed by atoms with van der Waals surface area (Å²) in [5.74, 6) is 1.09. The normalized spacial score (nSPS) is 10.9. The highest BCUT2D eigenvalue weighted by Crippen LogP contribution is 2.27. The molecule has 1 aromatic carbocycles. The summed E-state index contributed by atoms with van der Waals surface area (Å²) in [6, 6.07) is 4.54. The van der Waals surface area contributed by atoms with Crippen molar-refractivity contribution in [1.82, 2.24) is 0 Å². The van der Waals surface area contributed by atoms with Crippen LogP contribution in [0.2, 0.25) is 0 Å². The molecule has 0 aliphatic rings. The Morgan fingerprint density at radius 1 is 0.933 bits per heavy atom. The van der Waals surface area contributed by atoms with Gasteiger partial charge in [0.25, 0.3) is 0 Å². The molecule has 0 saturated carbocycles. The van der Waals surface area contributed by atoms with Crippen LogP contribution in [0.4, 0.5) is 0 Å². The summed E-state index contributed by atoms with van der Waals surface area (Å²) in [5, 5.41) is 0. The number of ether oxygens (including phenoxy) is 2. The second-order valence-electron chi connectivity index (χ2n) is 2.84. The molecule has 0 bridgehead atoms. The summed E-state index contributed by atoms with van der Waals surface area (Å²) < 4.78 is 36.4. The van der Waals surface area contributed by atoms with E-state index >= 15 is 0 Å². The van der Waals surface area contributed by atoms with Gasteiger partial charge in [-0.3, -0.25) is 0 Å². The van der Waals surface area contributed by atoms with Crippen molar-refractivity contribution >= 4 is 10.1 Å². The van der Waals surface area contributed by atoms with Crippen molar-refractivity contribution in [3.8, 4) is 17.2 Å². The smallest absolute Gasteiger partial charge is 0.306 e. The highest BCUT2D eigenvalue weighted by molar-refractivity contribution is 7.86. The maximum atomic E-state index is 10.9. The minimum Gasteiger partial charge on any atom is -0.496 e. The Morgan fingerprint density at radius 2 is 1.33 bits per heavy atom. The van der Waals surface area contributed by atoms with Crippen LogP contribution in [-0.4, -0.2) is 28.9 Å². The van der Waals surface area contributed by atoms with Crippen LogP contribution in [-0.2, 0) is 10.1 Å². The zero-order chi connectivity index (χ0) is 11.5. The van der Waals surface area contributed by atoms with Crippen molar-refractivity contribution in [1.29, 1.82) is 0 Å². The first-order chi connectivity index (χ1) is 6.94. The van der Waals surface area contributed by atoms with Gasteiger partial charge in [-0.25, -0.2) is 0 Å². The van der Waals surface area contributed by atoms with Gasteiger partial charge in [-0.2, -0.15) is 8.42 Å². The number of rotatable bonds is 4. The highest BCUT2D eigenvalue weighted by atomic mass is 32.2. The number of hydrogen-bond acceptors (Lipinski definition) is 5. The van der Waals surface area contributed by atoms with Crippen molar-refractivity contribution in [3.05, 3.63) is 18.2 Å². The number of benzene rings is 1. The molecule has 1 aromatic rings. The maximum Gasteiger partial charge on any atom is 0.306 e. The van der Waals surface area contributed by atoms with Gasteiger partial charge in [-0.05, 0) is 0 Å². The van der Waals surface area contributed by atoms with Crippen LogP contribution >= 0.6 is 0 Å². The van der Waals surface area contributed by atoms with Crippen molar-refractivity contribution in [3.63, 3.8) is 0 Å². The van der Waals surface area contributed by atoms with E-state index in [2.05, 4.69) is 0 Å². The third kappa shape index (κ3) is 3.67. The van der Waals surface area contributed by atoms with Gasteiger partial charge >= 0.3 is 10.1 Å². The Morgan fingerprint density at radius 3 is 1.67 bits per heavy atom. The second kappa shape index (κ2) is 4.39. The fraction of sp³-hybridized carbons (Fsp3) is 0.333. The summed E-state index contributed by atoms with van der Waals surface area (Å²) in [4.78, 5) is 0. The van der Waals surface area contributed by atoms with Crippen molar-refractivity contribution in [2.45, 2.75) is 0 Å². The largest absolute Gasteiger partial charge is 0.496 e. The first kappa shape index (κ1) is 11.6. The summed E-state index contributed by atoms with van der Waals surface area (Å²) in [5.41, 5.74) is 0. The van der Waals surface area contributed by atoms with Gasteiger partial charge in [0, 0.05) is 18.2 Å². The number of hydrogen-bond donors (Lipinski definition) is 0. The monoisotopic (exact) mass is 232 g/mol. The lowest BCUT2D eigenvalue weighted by Gasteiger charge is -2.08. The first-order valence-electron chi connectivity index (χ1n) is 4.07. The lowest BCUT2D eigenvalue weighted by atomic mass is 10.3. The first-order valence-corrected chi connectivity index (χ1v) is 5.89. The lowest BCUT2D eigenvalue weighted by molar-refractivity contribution is 0.390. The second-order valence-corrected chi connectivity index (χ2v) is 4.41. The van der Waals surface area contributed by atoms with E-state index in [1.54, 1.807) is 6.07 Å². The van der Waals surface area contributed by atoms with E-state index < -0.39 is 10.1 Å². The fourth-order valence-electron chi connectivity index (χ4n) is 1.00. The van der Waals surface area contributed by atoms with E-state index in [0.717, 1.165) is 6.26 Å². The van der Waals surface area contributed by atoms with E-state index in [4.69, 9.17) is 13.7 Å². The zero-order valence-electron chi connectivity index (χ0n) is 8.68. The number of methoxy groups -OCH3 is 2. The molecule has 0 amide bonds. The molecule has 15 heavy (non-hydrogen) atoms. The van der Waals surface area contributed by atoms with Crippen LogP contribution in [0.5, 0.6) is 17.2 Å². The molecule has 0 aliphatic heterocycles. The third-order valence-electron chi connectivity index (χ3n) is 1.57. The maximum absolute atomic E-state index is 10.9. The third-order valence-corrected chi connectivity index (χ3v) is 2.07. The Bertz CT molecular complexity index is 416. The van der Waals surface area contributed by atoms with Crippen LogP contribution in [0.15, 0.2) is 18.2 Å². The van der Waals surface area contributed by atoms with Crippen LogP contribution in [0.1, 0.15) is 0 Å². The van der Waals surface area contributed by atoms with E-state index in [1.807, 2.05) is 0 Å². The predicted octanol–water partition coefficient (Wildman–Crippen LogP) is 1.04. The molecule has 0 spiro atoms. The quantitative estimate of drug-likeness (QED) is 0.726. The van der Waals surface area contributed by atoms with Crippen LogP contribution in [0, 0.1) is 0 Å². The van der Waals surface area contributed by atoms with E-state index in [1.165, 1.54) is 26.4 Å². The molecule has 0 saturated heterocycles. The minimum absolute atomic E-state index is 0.161. The van der Waals surface area contributed by atoms with E-state index in [-0.39, 0.29) is 5.75 Å². The van der Waals surface area contributed by atoms with Gasteiger partial charge in [0.05, 0.1) is 20.5 Å². The molecule has 0 atom stereocenters. The fourth-order valence-corrected chi connectivity index (χ4v) is 1.45. The SMILES string of the molecule is COc1cc(OC)cc(OS(C)(=O)=O)c1. The zero-order valence-corrected chi connectivity index (χ0v) is 9.50. The van der Waals surface area contributed by atoms with E-state index in [9.17, 15) is 8.42 Å². The predicted molar refractivity (Wildman–Crippen MR) is 55.0 cm³/mol. The van der Waals surface area contributed by atoms with Crippen LogP contribution in [0.25, 0.3) is 0 Å². The molecule has 0 unspecified atom stereocenters. The molecule has 84 valence electrons. The molecule has 0 radical (unpaired) electrons. The van der Waals surface area contributed by atoms with Gasteiger partial charge in [-0.15, -0.1) is 0 Å². The van der Waals surface area contributed by atoms with Crippen molar-refractivity contribution < 1.29 is 22.1 Å².